The van der Waals surface area contributed by atoms with Gasteiger partial charge in [0.15, 0.2) is 0 Å². The normalized spacial score (nSPS) is 21.7. The van der Waals surface area contributed by atoms with Crippen LogP contribution in [-0.4, -0.2) is 11.9 Å². The largest absolute Gasteiger partial charge is 0.378 e. The minimum Gasteiger partial charge on any atom is -0.378 e. The molecule has 1 aliphatic heterocycles. The number of anilines is 2. The number of carbonyl (C=O) groups excluding carboxylic acids is 1. The highest BCUT2D eigenvalue weighted by Gasteiger charge is 2.39. The van der Waals surface area contributed by atoms with Crippen LogP contribution in [0.2, 0.25) is 0 Å². The molecule has 1 heterocycles. The number of amides is 1. The highest BCUT2D eigenvalue weighted by Crippen LogP contribution is 2.43. The first-order chi connectivity index (χ1) is 12.5. The molecule has 4 heteroatoms. The molecule has 0 aromatic heterocycles. The van der Waals surface area contributed by atoms with Gasteiger partial charge in [0.05, 0.1) is 17.7 Å². The summed E-state index contributed by atoms with van der Waals surface area (Å²) in [5, 5.41) is 12.6. The fourth-order valence-electron chi connectivity index (χ4n) is 4.05. The molecule has 4 nitrogen and oxygen atoms in total. The summed E-state index contributed by atoms with van der Waals surface area (Å²) in [5.41, 5.74) is 4.97. The van der Waals surface area contributed by atoms with Gasteiger partial charge >= 0.3 is 0 Å². The molecule has 0 spiro atoms. The van der Waals surface area contributed by atoms with Gasteiger partial charge in [0, 0.05) is 30.3 Å². The maximum Gasteiger partial charge on any atom is 0.224 e. The first-order valence-corrected chi connectivity index (χ1v) is 9.13. The molecule has 0 saturated heterocycles. The predicted molar refractivity (Wildman–Crippen MR) is 105 cm³/mol. The average Bonchev–Trinajstić information content (AvgIpc) is 2.63. The van der Waals surface area contributed by atoms with Crippen molar-refractivity contribution >= 4 is 17.3 Å². The van der Waals surface area contributed by atoms with E-state index in [1.807, 2.05) is 29.2 Å². The number of nitriles is 1. The fourth-order valence-corrected chi connectivity index (χ4v) is 4.05. The summed E-state index contributed by atoms with van der Waals surface area (Å²) in [4.78, 5) is 14.3. The Hall–Kier alpha value is -2.80. The minimum atomic E-state index is 0.0885. The molecule has 0 radical (unpaired) electrons. The number of hydrogen-bond acceptors (Lipinski definition) is 3. The van der Waals surface area contributed by atoms with E-state index >= 15 is 0 Å². The van der Waals surface area contributed by atoms with E-state index in [9.17, 15) is 4.79 Å². The van der Waals surface area contributed by atoms with Crippen molar-refractivity contribution in [2.24, 2.45) is 5.92 Å². The van der Waals surface area contributed by atoms with Crippen molar-refractivity contribution in [3.8, 4) is 6.07 Å². The van der Waals surface area contributed by atoms with Crippen LogP contribution in [0.25, 0.3) is 0 Å². The maximum atomic E-state index is 12.4. The Balaban J connectivity index is 2.05. The molecule has 0 bridgehead atoms. The fraction of sp³-hybridized carbons (Fsp3) is 0.364. The molecule has 1 N–H and O–H groups in total. The molecule has 0 fully saturated rings. The monoisotopic (exact) mass is 347 g/mol. The Morgan fingerprint density at radius 1 is 1.23 bits per heavy atom. The standard InChI is InChI=1S/C22H25N3O/c1-5-20-15(3)22(24-18-9-7-17(13-23)8-10-18)19-12-14(2)6-11-21(19)25(20)16(4)26/h6-12,15,20,22,24H,5H2,1-4H3/t15-,20-,22+/m0/s1. The van der Waals surface area contributed by atoms with Crippen molar-refractivity contribution in [2.45, 2.75) is 46.2 Å². The topological polar surface area (TPSA) is 56.1 Å². The van der Waals surface area contributed by atoms with Crippen LogP contribution in [0.15, 0.2) is 42.5 Å². The van der Waals surface area contributed by atoms with E-state index in [0.717, 1.165) is 23.4 Å². The van der Waals surface area contributed by atoms with E-state index in [1.54, 1.807) is 6.92 Å². The molecule has 1 aliphatic rings. The summed E-state index contributed by atoms with van der Waals surface area (Å²) in [6.07, 6.45) is 0.902. The second kappa shape index (κ2) is 7.21. The van der Waals surface area contributed by atoms with Gasteiger partial charge in [-0.05, 0) is 49.2 Å². The SMILES string of the molecule is CC[C@H]1[C@H](C)[C@@H](Nc2ccc(C#N)cc2)c2cc(C)ccc2N1C(C)=O. The molecule has 0 unspecified atom stereocenters. The highest BCUT2D eigenvalue weighted by molar-refractivity contribution is 5.94. The summed E-state index contributed by atoms with van der Waals surface area (Å²) in [6.45, 7) is 8.06. The number of nitrogens with zero attached hydrogens (tertiary/aromatic N) is 2. The van der Waals surface area contributed by atoms with Crippen molar-refractivity contribution in [3.05, 3.63) is 59.2 Å². The van der Waals surface area contributed by atoms with Crippen molar-refractivity contribution in [3.63, 3.8) is 0 Å². The van der Waals surface area contributed by atoms with Gasteiger partial charge in [-0.25, -0.2) is 0 Å². The molecule has 0 saturated carbocycles. The number of aryl methyl sites for hydroxylation is 1. The van der Waals surface area contributed by atoms with Crippen LogP contribution in [0.3, 0.4) is 0 Å². The first-order valence-electron chi connectivity index (χ1n) is 9.13. The zero-order valence-electron chi connectivity index (χ0n) is 15.8. The summed E-state index contributed by atoms with van der Waals surface area (Å²) < 4.78 is 0. The molecular weight excluding hydrogens is 322 g/mol. The molecular formula is C22H25N3O. The maximum absolute atomic E-state index is 12.4. The quantitative estimate of drug-likeness (QED) is 0.867. The Morgan fingerprint density at radius 3 is 2.50 bits per heavy atom. The first kappa shape index (κ1) is 18.0. The lowest BCUT2D eigenvalue weighted by Gasteiger charge is -2.45. The Labute approximate surface area is 155 Å². The van der Waals surface area contributed by atoms with Crippen molar-refractivity contribution in [1.82, 2.24) is 0 Å². The smallest absolute Gasteiger partial charge is 0.224 e. The Bertz CT molecular complexity index is 851. The lowest BCUT2D eigenvalue weighted by atomic mass is 9.80. The van der Waals surface area contributed by atoms with E-state index in [2.05, 4.69) is 50.4 Å². The third kappa shape index (κ3) is 3.17. The minimum absolute atomic E-state index is 0.0885. The van der Waals surface area contributed by atoms with Gasteiger partial charge in [-0.15, -0.1) is 0 Å². The molecule has 3 rings (SSSR count). The van der Waals surface area contributed by atoms with Crippen LogP contribution in [0.4, 0.5) is 11.4 Å². The highest BCUT2D eigenvalue weighted by atomic mass is 16.2. The number of benzene rings is 2. The average molecular weight is 347 g/mol. The van der Waals surface area contributed by atoms with Gasteiger partial charge in [0.1, 0.15) is 0 Å². The van der Waals surface area contributed by atoms with Gasteiger partial charge in [0.2, 0.25) is 5.91 Å². The Morgan fingerprint density at radius 2 is 1.92 bits per heavy atom. The summed E-state index contributed by atoms with van der Waals surface area (Å²) in [7, 11) is 0. The van der Waals surface area contributed by atoms with Crippen LogP contribution in [-0.2, 0) is 4.79 Å². The molecule has 2 aromatic carbocycles. The van der Waals surface area contributed by atoms with Crippen LogP contribution in [0, 0.1) is 24.2 Å². The zero-order valence-corrected chi connectivity index (χ0v) is 15.8. The second-order valence-electron chi connectivity index (χ2n) is 7.10. The van der Waals surface area contributed by atoms with Gasteiger partial charge in [-0.3, -0.25) is 4.79 Å². The van der Waals surface area contributed by atoms with Crippen LogP contribution in [0.5, 0.6) is 0 Å². The van der Waals surface area contributed by atoms with Crippen LogP contribution >= 0.6 is 0 Å². The van der Waals surface area contributed by atoms with Gasteiger partial charge in [0.25, 0.3) is 0 Å². The van der Waals surface area contributed by atoms with Crippen molar-refractivity contribution in [2.75, 3.05) is 10.2 Å². The lowest BCUT2D eigenvalue weighted by molar-refractivity contribution is -0.117. The van der Waals surface area contributed by atoms with Crippen molar-refractivity contribution in [1.29, 1.82) is 5.26 Å². The van der Waals surface area contributed by atoms with E-state index in [4.69, 9.17) is 5.26 Å². The van der Waals surface area contributed by atoms with Gasteiger partial charge in [-0.1, -0.05) is 31.5 Å². The van der Waals surface area contributed by atoms with Gasteiger partial charge < -0.3 is 10.2 Å². The number of nitrogens with one attached hydrogen (secondary N) is 1. The lowest BCUT2D eigenvalue weighted by Crippen LogP contribution is -2.49. The van der Waals surface area contributed by atoms with E-state index in [-0.39, 0.29) is 23.9 Å². The third-order valence-corrected chi connectivity index (χ3v) is 5.34. The van der Waals surface area contributed by atoms with E-state index < -0.39 is 0 Å². The van der Waals surface area contributed by atoms with E-state index in [0.29, 0.717) is 5.56 Å². The number of fused-ring (bicyclic) bond motifs is 1. The third-order valence-electron chi connectivity index (χ3n) is 5.34. The molecule has 2 aromatic rings. The Kier molecular flexibility index (Phi) is 4.99. The number of hydrogen-bond donors (Lipinski definition) is 1. The summed E-state index contributed by atoms with van der Waals surface area (Å²) >= 11 is 0. The summed E-state index contributed by atoms with van der Waals surface area (Å²) in [6, 6.07) is 16.3. The van der Waals surface area contributed by atoms with Crippen LogP contribution in [0.1, 0.15) is 49.9 Å². The number of rotatable bonds is 3. The second-order valence-corrected chi connectivity index (χ2v) is 7.10. The molecule has 3 atom stereocenters. The van der Waals surface area contributed by atoms with Crippen LogP contribution < -0.4 is 10.2 Å². The summed E-state index contributed by atoms with van der Waals surface area (Å²) in [5.74, 6) is 0.347. The molecule has 26 heavy (non-hydrogen) atoms. The molecule has 1 amide bonds. The van der Waals surface area contributed by atoms with Crippen molar-refractivity contribution < 1.29 is 4.79 Å². The van der Waals surface area contributed by atoms with E-state index in [1.165, 1.54) is 5.56 Å². The molecule has 0 aliphatic carbocycles. The number of carbonyl (C=O) groups is 1. The van der Waals surface area contributed by atoms with Gasteiger partial charge in [-0.2, -0.15) is 5.26 Å². The zero-order chi connectivity index (χ0) is 18.8. The predicted octanol–water partition coefficient (Wildman–Crippen LogP) is 4.80. The molecule has 134 valence electrons.